The summed E-state index contributed by atoms with van der Waals surface area (Å²) in [5, 5.41) is 2.86. The molecule has 4 aromatic heterocycles. The number of anilines is 2. The average Bonchev–Trinajstić information content (AvgIpc) is 3.36. The molecule has 190 valence electrons. The molecule has 0 aliphatic rings. The van der Waals surface area contributed by atoms with E-state index < -0.39 is 29.6 Å². The van der Waals surface area contributed by atoms with E-state index in [0.717, 1.165) is 11.3 Å². The van der Waals surface area contributed by atoms with Gasteiger partial charge in [-0.2, -0.15) is 28.1 Å². The number of nitrogens with one attached hydrogen (secondary N) is 1. The van der Waals surface area contributed by atoms with Gasteiger partial charge in [0, 0.05) is 18.0 Å². The molecule has 1 atom stereocenters. The van der Waals surface area contributed by atoms with Gasteiger partial charge in [0.25, 0.3) is 0 Å². The molecule has 4 rings (SSSR count). The molecule has 4 heterocycles. The topological polar surface area (TPSA) is 138 Å². The van der Waals surface area contributed by atoms with Crippen LogP contribution in [0.2, 0.25) is 0 Å². The maximum Gasteiger partial charge on any atom is 0.434 e. The van der Waals surface area contributed by atoms with Gasteiger partial charge in [0.05, 0.1) is 17.8 Å². The molecule has 0 aliphatic carbocycles. The molecule has 3 N–H and O–H groups in total. The molecule has 36 heavy (non-hydrogen) atoms. The van der Waals surface area contributed by atoms with Crippen molar-refractivity contribution in [3.05, 3.63) is 48.1 Å². The van der Waals surface area contributed by atoms with Crippen molar-refractivity contribution in [2.24, 2.45) is 0 Å². The van der Waals surface area contributed by atoms with E-state index in [9.17, 15) is 18.0 Å². The summed E-state index contributed by atoms with van der Waals surface area (Å²) < 4.78 is 47.9. The first-order chi connectivity index (χ1) is 16.7. The molecule has 0 aromatic carbocycles. The summed E-state index contributed by atoms with van der Waals surface area (Å²) in [5.74, 6) is 0.630. The van der Waals surface area contributed by atoms with Gasteiger partial charge < -0.3 is 20.2 Å². The monoisotopic (exact) mass is 503 g/mol. The van der Waals surface area contributed by atoms with Crippen LogP contribution in [-0.4, -0.2) is 45.6 Å². The van der Waals surface area contributed by atoms with Crippen molar-refractivity contribution in [1.29, 1.82) is 0 Å². The summed E-state index contributed by atoms with van der Waals surface area (Å²) in [5.41, 5.74) is 5.20. The number of alkyl halides is 3. The number of ether oxygens (including phenoxy) is 1. The van der Waals surface area contributed by atoms with Crippen LogP contribution in [0.5, 0.6) is 0 Å². The first-order valence-corrected chi connectivity index (χ1v) is 10.8. The maximum atomic E-state index is 13.4. The largest absolute Gasteiger partial charge is 0.443 e. The number of rotatable bonds is 4. The Kier molecular flexibility index (Phi) is 6.06. The molecular weight excluding hydrogens is 479 g/mol. The Bertz CT molecular complexity index is 1440. The number of halogens is 3. The number of nitrogen functional groups attached to an aromatic ring is 1. The summed E-state index contributed by atoms with van der Waals surface area (Å²) in [6.45, 7) is 8.15. The lowest BCUT2D eigenvalue weighted by Gasteiger charge is -2.21. The SMILES string of the molecule is Cc1ncc2ccc(-c3nc(N)nc(NC(C)c4nc(C(F)(F)F)cn4C(=O)OC(C)(C)C)n3)cn12. The molecule has 4 aromatic rings. The van der Waals surface area contributed by atoms with E-state index in [2.05, 4.69) is 30.2 Å². The van der Waals surface area contributed by atoms with Gasteiger partial charge in [0.1, 0.15) is 17.2 Å². The lowest BCUT2D eigenvalue weighted by atomic mass is 10.2. The predicted octanol–water partition coefficient (Wildman–Crippen LogP) is 4.25. The van der Waals surface area contributed by atoms with Gasteiger partial charge in [-0.05, 0) is 46.8 Å². The molecule has 1 unspecified atom stereocenters. The second-order valence-electron chi connectivity index (χ2n) is 9.06. The van der Waals surface area contributed by atoms with Gasteiger partial charge in [-0.25, -0.2) is 19.3 Å². The number of hydrogen-bond acceptors (Lipinski definition) is 9. The second kappa shape index (κ2) is 8.77. The Labute approximate surface area is 203 Å². The highest BCUT2D eigenvalue weighted by Gasteiger charge is 2.37. The van der Waals surface area contributed by atoms with Crippen molar-refractivity contribution in [1.82, 2.24) is 33.9 Å². The summed E-state index contributed by atoms with van der Waals surface area (Å²) >= 11 is 0. The molecule has 0 radical (unpaired) electrons. The minimum Gasteiger partial charge on any atom is -0.443 e. The van der Waals surface area contributed by atoms with Crippen molar-refractivity contribution < 1.29 is 22.7 Å². The summed E-state index contributed by atoms with van der Waals surface area (Å²) in [6, 6.07) is 2.67. The minimum atomic E-state index is -4.77. The standard InChI is InChI=1S/C22H24F3N9O2/c1-11(17-29-15(22(23,24)25)10-34(17)20(35)36-21(3,4)5)28-19-31-16(30-18(26)32-19)13-6-7-14-8-27-12(2)33(14)9-13/h6-11H,1-5H3,(H3,26,28,30,31,32). The highest BCUT2D eigenvalue weighted by atomic mass is 19.4. The zero-order chi connectivity index (χ0) is 26.4. The lowest BCUT2D eigenvalue weighted by Crippen LogP contribution is -2.29. The number of hydrogen-bond donors (Lipinski definition) is 2. The van der Waals surface area contributed by atoms with E-state index in [4.69, 9.17) is 10.5 Å². The fourth-order valence-corrected chi connectivity index (χ4v) is 3.39. The van der Waals surface area contributed by atoms with E-state index in [1.807, 2.05) is 17.4 Å². The molecule has 14 heteroatoms. The van der Waals surface area contributed by atoms with Gasteiger partial charge in [-0.3, -0.25) is 0 Å². The fourth-order valence-electron chi connectivity index (χ4n) is 3.39. The van der Waals surface area contributed by atoms with Crippen LogP contribution in [0.3, 0.4) is 0 Å². The Hall–Kier alpha value is -4.23. The number of nitrogens with two attached hydrogens (primary N) is 1. The highest BCUT2D eigenvalue weighted by Crippen LogP contribution is 2.31. The lowest BCUT2D eigenvalue weighted by molar-refractivity contribution is -0.141. The van der Waals surface area contributed by atoms with Crippen molar-refractivity contribution in [2.75, 3.05) is 11.1 Å². The Balaban J connectivity index is 1.68. The molecular formula is C22H24F3N9O2. The van der Waals surface area contributed by atoms with Crippen LogP contribution in [-0.2, 0) is 10.9 Å². The highest BCUT2D eigenvalue weighted by molar-refractivity contribution is 5.72. The van der Waals surface area contributed by atoms with Crippen LogP contribution < -0.4 is 11.1 Å². The quantitative estimate of drug-likeness (QED) is 0.418. The smallest absolute Gasteiger partial charge is 0.434 e. The molecule has 0 spiro atoms. The Morgan fingerprint density at radius 3 is 2.50 bits per heavy atom. The number of imidazole rings is 2. The fraction of sp³-hybridized carbons (Fsp3) is 0.364. The third kappa shape index (κ3) is 5.21. The first kappa shape index (κ1) is 24.9. The maximum absolute atomic E-state index is 13.4. The van der Waals surface area contributed by atoms with Gasteiger partial charge in [0.15, 0.2) is 11.5 Å². The summed E-state index contributed by atoms with van der Waals surface area (Å²) in [6.07, 6.45) is -1.68. The summed E-state index contributed by atoms with van der Waals surface area (Å²) in [7, 11) is 0. The first-order valence-electron chi connectivity index (χ1n) is 10.8. The molecule has 0 aliphatic heterocycles. The van der Waals surface area contributed by atoms with E-state index in [-0.39, 0.29) is 23.5 Å². The van der Waals surface area contributed by atoms with Gasteiger partial charge in [0.2, 0.25) is 11.9 Å². The molecule has 0 bridgehead atoms. The van der Waals surface area contributed by atoms with E-state index in [0.29, 0.717) is 16.3 Å². The van der Waals surface area contributed by atoms with Crippen molar-refractivity contribution in [3.8, 4) is 11.4 Å². The van der Waals surface area contributed by atoms with Crippen molar-refractivity contribution >= 4 is 23.5 Å². The van der Waals surface area contributed by atoms with E-state index >= 15 is 0 Å². The third-order valence-corrected chi connectivity index (χ3v) is 4.97. The number of fused-ring (bicyclic) bond motifs is 1. The molecule has 11 nitrogen and oxygen atoms in total. The van der Waals surface area contributed by atoms with Crippen molar-refractivity contribution in [2.45, 2.75) is 52.4 Å². The minimum absolute atomic E-state index is 0.0141. The normalized spacial score (nSPS) is 13.1. The number of nitrogens with zero attached hydrogens (tertiary/aromatic N) is 7. The van der Waals surface area contributed by atoms with Crippen LogP contribution in [0.15, 0.2) is 30.7 Å². The Morgan fingerprint density at radius 2 is 1.83 bits per heavy atom. The molecule has 0 amide bonds. The van der Waals surface area contributed by atoms with Crippen molar-refractivity contribution in [3.63, 3.8) is 0 Å². The van der Waals surface area contributed by atoms with Gasteiger partial charge in [-0.15, -0.1) is 0 Å². The van der Waals surface area contributed by atoms with Crippen LogP contribution in [0, 0.1) is 6.92 Å². The van der Waals surface area contributed by atoms with Crippen LogP contribution in [0.25, 0.3) is 16.9 Å². The molecule has 0 saturated heterocycles. The average molecular weight is 503 g/mol. The van der Waals surface area contributed by atoms with Gasteiger partial charge >= 0.3 is 12.3 Å². The number of aryl methyl sites for hydroxylation is 1. The van der Waals surface area contributed by atoms with E-state index in [1.165, 1.54) is 6.92 Å². The van der Waals surface area contributed by atoms with Crippen LogP contribution >= 0.6 is 0 Å². The number of carbonyl (C=O) groups excluding carboxylic acids is 1. The predicted molar refractivity (Wildman–Crippen MR) is 124 cm³/mol. The van der Waals surface area contributed by atoms with Crippen LogP contribution in [0.4, 0.5) is 29.9 Å². The molecule has 0 fully saturated rings. The number of carbonyl (C=O) groups is 1. The second-order valence-corrected chi connectivity index (χ2v) is 9.06. The third-order valence-electron chi connectivity index (χ3n) is 4.97. The zero-order valence-electron chi connectivity index (χ0n) is 20.1. The van der Waals surface area contributed by atoms with Gasteiger partial charge in [-0.1, -0.05) is 0 Å². The Morgan fingerprint density at radius 1 is 1.11 bits per heavy atom. The van der Waals surface area contributed by atoms with Crippen LogP contribution in [0.1, 0.15) is 51.1 Å². The molecule has 0 saturated carbocycles. The number of pyridine rings is 1. The summed E-state index contributed by atoms with van der Waals surface area (Å²) in [4.78, 5) is 33.1. The number of aromatic nitrogens is 7. The van der Waals surface area contributed by atoms with E-state index in [1.54, 1.807) is 39.2 Å². The zero-order valence-corrected chi connectivity index (χ0v) is 20.1.